The first-order chi connectivity index (χ1) is 30.2. The molecule has 0 aliphatic heterocycles. The van der Waals surface area contributed by atoms with Gasteiger partial charge >= 0.3 is 0 Å². The van der Waals surface area contributed by atoms with E-state index >= 15 is 0 Å². The molecule has 2 heterocycles. The first kappa shape index (κ1) is 34.9. The fourth-order valence-electron chi connectivity index (χ4n) is 9.10. The zero-order chi connectivity index (χ0) is 40.3. The molecule has 61 heavy (non-hydrogen) atoms. The third kappa shape index (κ3) is 5.98. The Bertz CT molecular complexity index is 3590. The van der Waals surface area contributed by atoms with Gasteiger partial charge in [0.2, 0.25) is 0 Å². The number of anilines is 3. The molecule has 0 saturated heterocycles. The van der Waals surface area contributed by atoms with Crippen LogP contribution >= 0.6 is 0 Å². The molecule has 0 saturated carbocycles. The molecular formula is C58H37NO2. The van der Waals surface area contributed by atoms with Gasteiger partial charge in [0.1, 0.15) is 22.3 Å². The molecule has 12 aromatic rings. The summed E-state index contributed by atoms with van der Waals surface area (Å²) < 4.78 is 13.1. The van der Waals surface area contributed by atoms with Gasteiger partial charge < -0.3 is 13.7 Å². The fraction of sp³-hybridized carbons (Fsp3) is 0. The number of furan rings is 2. The van der Waals surface area contributed by atoms with E-state index in [-0.39, 0.29) is 0 Å². The molecule has 0 N–H and O–H groups in total. The highest BCUT2D eigenvalue weighted by atomic mass is 16.3. The Morgan fingerprint density at radius 2 is 0.787 bits per heavy atom. The van der Waals surface area contributed by atoms with Crippen molar-refractivity contribution < 1.29 is 8.83 Å². The lowest BCUT2D eigenvalue weighted by Gasteiger charge is -2.28. The van der Waals surface area contributed by atoms with Crippen LogP contribution < -0.4 is 4.90 Å². The lowest BCUT2D eigenvalue weighted by molar-refractivity contribution is 0.669. The Hall–Kier alpha value is -8.14. The standard InChI is InChI=1S/C58H37NO2/c1-2-13-42-36-44(31-30-38(42)12-1)40-28-26-39(27-29-40)43-14-9-15-46(37-43)59(45-34-32-41(33-35-45)47-19-10-21-52-49-17-4-7-24-55(49)60-57(47)52)54-23-6-3-16-48(54)51-20-11-22-53-50-18-5-8-25-56(50)61-58(51)53/h1-37H. The van der Waals surface area contributed by atoms with Crippen LogP contribution in [0.3, 0.4) is 0 Å². The van der Waals surface area contributed by atoms with Gasteiger partial charge in [-0.1, -0.05) is 176 Å². The van der Waals surface area contributed by atoms with Gasteiger partial charge in [-0.25, -0.2) is 0 Å². The van der Waals surface area contributed by atoms with Crippen molar-refractivity contribution in [3.05, 3.63) is 224 Å². The van der Waals surface area contributed by atoms with Crippen molar-refractivity contribution in [2.24, 2.45) is 0 Å². The van der Waals surface area contributed by atoms with Crippen molar-refractivity contribution in [1.82, 2.24) is 0 Å². The van der Waals surface area contributed by atoms with Crippen molar-refractivity contribution >= 4 is 71.7 Å². The number of hydrogen-bond donors (Lipinski definition) is 0. The van der Waals surface area contributed by atoms with E-state index in [1.165, 1.54) is 21.9 Å². The van der Waals surface area contributed by atoms with Crippen LogP contribution in [0.25, 0.3) is 99.2 Å². The van der Waals surface area contributed by atoms with Crippen molar-refractivity contribution in [2.75, 3.05) is 4.90 Å². The average molecular weight is 780 g/mol. The Balaban J connectivity index is 0.988. The van der Waals surface area contributed by atoms with Crippen LogP contribution in [0.15, 0.2) is 233 Å². The number of benzene rings is 10. The smallest absolute Gasteiger partial charge is 0.143 e. The summed E-state index contributed by atoms with van der Waals surface area (Å²) in [5, 5.41) is 6.96. The molecule has 286 valence electrons. The predicted octanol–water partition coefficient (Wildman–Crippen LogP) is 16.8. The maximum Gasteiger partial charge on any atom is 0.143 e. The molecule has 0 aliphatic carbocycles. The number of para-hydroxylation sites is 5. The summed E-state index contributed by atoms with van der Waals surface area (Å²) in [6.07, 6.45) is 0. The fourth-order valence-corrected chi connectivity index (χ4v) is 9.10. The van der Waals surface area contributed by atoms with Crippen LogP contribution in [0, 0.1) is 0 Å². The molecule has 2 aromatic heterocycles. The Morgan fingerprint density at radius 3 is 1.51 bits per heavy atom. The summed E-state index contributed by atoms with van der Waals surface area (Å²) in [5.41, 5.74) is 15.7. The van der Waals surface area contributed by atoms with E-state index in [4.69, 9.17) is 8.83 Å². The molecule has 12 rings (SSSR count). The van der Waals surface area contributed by atoms with E-state index in [2.05, 4.69) is 205 Å². The highest BCUT2D eigenvalue weighted by Crippen LogP contribution is 2.46. The Kier molecular flexibility index (Phi) is 8.17. The van der Waals surface area contributed by atoms with Crippen molar-refractivity contribution in [3.63, 3.8) is 0 Å². The predicted molar refractivity (Wildman–Crippen MR) is 255 cm³/mol. The molecule has 0 unspecified atom stereocenters. The van der Waals surface area contributed by atoms with E-state index in [0.717, 1.165) is 94.3 Å². The topological polar surface area (TPSA) is 29.5 Å². The Labute approximate surface area is 353 Å². The normalized spacial score (nSPS) is 11.6. The molecule has 0 fully saturated rings. The number of hydrogen-bond acceptors (Lipinski definition) is 3. The van der Waals surface area contributed by atoms with Gasteiger partial charge in [-0.2, -0.15) is 0 Å². The second-order valence-corrected chi connectivity index (χ2v) is 15.7. The van der Waals surface area contributed by atoms with Crippen molar-refractivity contribution in [2.45, 2.75) is 0 Å². The lowest BCUT2D eigenvalue weighted by atomic mass is 9.97. The van der Waals surface area contributed by atoms with Gasteiger partial charge in [-0.3, -0.25) is 0 Å². The Morgan fingerprint density at radius 1 is 0.279 bits per heavy atom. The molecule has 0 bridgehead atoms. The molecule has 0 atom stereocenters. The minimum absolute atomic E-state index is 0.880. The maximum absolute atomic E-state index is 6.62. The van der Waals surface area contributed by atoms with Crippen LogP contribution in [-0.2, 0) is 0 Å². The second-order valence-electron chi connectivity index (χ2n) is 15.7. The van der Waals surface area contributed by atoms with E-state index in [9.17, 15) is 0 Å². The highest BCUT2D eigenvalue weighted by Gasteiger charge is 2.21. The molecule has 0 radical (unpaired) electrons. The maximum atomic E-state index is 6.62. The summed E-state index contributed by atoms with van der Waals surface area (Å²) in [4.78, 5) is 2.37. The molecule has 0 aliphatic rings. The van der Waals surface area contributed by atoms with Gasteiger partial charge in [0, 0.05) is 49.6 Å². The van der Waals surface area contributed by atoms with Gasteiger partial charge in [0.15, 0.2) is 0 Å². The molecule has 3 nitrogen and oxygen atoms in total. The minimum Gasteiger partial charge on any atom is -0.455 e. The van der Waals surface area contributed by atoms with E-state index < -0.39 is 0 Å². The lowest BCUT2D eigenvalue weighted by Crippen LogP contribution is -2.11. The van der Waals surface area contributed by atoms with E-state index in [0.29, 0.717) is 0 Å². The van der Waals surface area contributed by atoms with Gasteiger partial charge in [0.05, 0.1) is 5.69 Å². The van der Waals surface area contributed by atoms with Crippen molar-refractivity contribution in [3.8, 4) is 44.5 Å². The zero-order valence-electron chi connectivity index (χ0n) is 33.1. The summed E-state index contributed by atoms with van der Waals surface area (Å²) >= 11 is 0. The summed E-state index contributed by atoms with van der Waals surface area (Å²) in [7, 11) is 0. The minimum atomic E-state index is 0.880. The average Bonchev–Trinajstić information content (AvgIpc) is 3.91. The van der Waals surface area contributed by atoms with Gasteiger partial charge in [0.25, 0.3) is 0 Å². The largest absolute Gasteiger partial charge is 0.455 e. The summed E-state index contributed by atoms with van der Waals surface area (Å²) in [6, 6.07) is 79.9. The first-order valence-electron chi connectivity index (χ1n) is 20.7. The highest BCUT2D eigenvalue weighted by molar-refractivity contribution is 6.11. The summed E-state index contributed by atoms with van der Waals surface area (Å²) in [5.74, 6) is 0. The SMILES string of the molecule is c1cc(-c2ccc(-c3ccc4ccccc4c3)cc2)cc(N(c2ccc(-c3cccc4c3oc3ccccc34)cc2)c2ccccc2-c2cccc3c2oc2ccccc23)c1. The van der Waals surface area contributed by atoms with Gasteiger partial charge in [-0.15, -0.1) is 0 Å². The summed E-state index contributed by atoms with van der Waals surface area (Å²) in [6.45, 7) is 0. The van der Waals surface area contributed by atoms with E-state index in [1.807, 2.05) is 24.3 Å². The van der Waals surface area contributed by atoms with Crippen LogP contribution in [0.5, 0.6) is 0 Å². The van der Waals surface area contributed by atoms with E-state index in [1.54, 1.807) is 0 Å². The number of nitrogens with zero attached hydrogens (tertiary/aromatic N) is 1. The van der Waals surface area contributed by atoms with Crippen LogP contribution in [-0.4, -0.2) is 0 Å². The first-order valence-corrected chi connectivity index (χ1v) is 20.7. The van der Waals surface area contributed by atoms with Crippen LogP contribution in [0.1, 0.15) is 0 Å². The van der Waals surface area contributed by atoms with Crippen LogP contribution in [0.4, 0.5) is 17.1 Å². The molecular weight excluding hydrogens is 743 g/mol. The van der Waals surface area contributed by atoms with Crippen molar-refractivity contribution in [1.29, 1.82) is 0 Å². The molecule has 0 amide bonds. The zero-order valence-corrected chi connectivity index (χ0v) is 33.1. The number of fused-ring (bicyclic) bond motifs is 7. The molecule has 3 heteroatoms. The molecule has 0 spiro atoms. The second kappa shape index (κ2) is 14.3. The molecule has 10 aromatic carbocycles. The quantitative estimate of drug-likeness (QED) is 0.161. The third-order valence-electron chi connectivity index (χ3n) is 12.1. The van der Waals surface area contributed by atoms with Gasteiger partial charge in [-0.05, 0) is 87.1 Å². The third-order valence-corrected chi connectivity index (χ3v) is 12.1. The van der Waals surface area contributed by atoms with Crippen LogP contribution in [0.2, 0.25) is 0 Å². The number of rotatable bonds is 7. The monoisotopic (exact) mass is 779 g/mol.